The second-order valence-corrected chi connectivity index (χ2v) is 6.35. The molecule has 0 radical (unpaired) electrons. The fourth-order valence-corrected chi connectivity index (χ4v) is 3.04. The Labute approximate surface area is 141 Å². The Morgan fingerprint density at radius 2 is 1.96 bits per heavy atom. The van der Waals surface area contributed by atoms with E-state index in [2.05, 4.69) is 5.32 Å². The first-order chi connectivity index (χ1) is 11.1. The molecule has 2 rings (SSSR count). The van der Waals surface area contributed by atoms with E-state index in [0.29, 0.717) is 19.5 Å². The van der Waals surface area contributed by atoms with Crippen LogP contribution in [0, 0.1) is 0 Å². The summed E-state index contributed by atoms with van der Waals surface area (Å²) < 4.78 is 0. The van der Waals surface area contributed by atoms with Crippen LogP contribution in [0.25, 0.3) is 0 Å². The minimum Gasteiger partial charge on any atom is -0.339 e. The monoisotopic (exact) mass is 330 g/mol. The van der Waals surface area contributed by atoms with Gasteiger partial charge in [-0.1, -0.05) is 24.3 Å². The van der Waals surface area contributed by atoms with Crippen molar-refractivity contribution in [2.75, 3.05) is 11.9 Å². The molecule has 5 heteroatoms. The summed E-state index contributed by atoms with van der Waals surface area (Å²) in [5.41, 5.74) is 1.73. The number of thiophene rings is 1. The molecule has 0 aliphatic rings. The van der Waals surface area contributed by atoms with Gasteiger partial charge in [0.25, 0.3) is 0 Å². The predicted molar refractivity (Wildman–Crippen MR) is 94.5 cm³/mol. The van der Waals surface area contributed by atoms with Gasteiger partial charge in [0.15, 0.2) is 0 Å². The fraction of sp³-hybridized carbons (Fsp3) is 0.333. The van der Waals surface area contributed by atoms with Crippen LogP contribution in [0.4, 0.5) is 5.69 Å². The lowest BCUT2D eigenvalue weighted by atomic mass is 10.1. The zero-order valence-corrected chi connectivity index (χ0v) is 14.4. The Balaban J connectivity index is 1.99. The summed E-state index contributed by atoms with van der Waals surface area (Å²) in [6, 6.07) is 11.7. The molecule has 1 heterocycles. The average molecular weight is 330 g/mol. The molecule has 122 valence electrons. The highest BCUT2D eigenvalue weighted by Gasteiger charge is 2.12. The Morgan fingerprint density at radius 3 is 2.61 bits per heavy atom. The highest BCUT2D eigenvalue weighted by atomic mass is 32.1. The van der Waals surface area contributed by atoms with Crippen LogP contribution in [0.3, 0.4) is 0 Å². The van der Waals surface area contributed by atoms with E-state index in [1.807, 2.05) is 48.7 Å². The molecule has 0 aliphatic carbocycles. The van der Waals surface area contributed by atoms with Gasteiger partial charge in [-0.2, -0.15) is 0 Å². The van der Waals surface area contributed by atoms with Crippen molar-refractivity contribution in [3.8, 4) is 0 Å². The second-order valence-electron chi connectivity index (χ2n) is 5.32. The van der Waals surface area contributed by atoms with Crippen LogP contribution in [0.2, 0.25) is 0 Å². The molecule has 0 bridgehead atoms. The largest absolute Gasteiger partial charge is 0.339 e. The maximum Gasteiger partial charge on any atom is 0.224 e. The molecule has 0 spiro atoms. The van der Waals surface area contributed by atoms with E-state index in [1.54, 1.807) is 23.2 Å². The van der Waals surface area contributed by atoms with E-state index in [1.165, 1.54) is 4.88 Å². The number of benzene rings is 1. The van der Waals surface area contributed by atoms with Crippen LogP contribution in [-0.4, -0.2) is 23.3 Å². The maximum absolute atomic E-state index is 12.2. The van der Waals surface area contributed by atoms with E-state index in [-0.39, 0.29) is 11.8 Å². The molecule has 0 atom stereocenters. The quantitative estimate of drug-likeness (QED) is 0.842. The van der Waals surface area contributed by atoms with Gasteiger partial charge in [0, 0.05) is 37.0 Å². The minimum absolute atomic E-state index is 0.00303. The standard InChI is InChI=1S/C18H22N2O2S/c1-3-20(14(2)21)13-15-7-4-5-9-17(15)19-18(22)11-10-16-8-6-12-23-16/h4-9,12H,3,10-11,13H2,1-2H3,(H,19,22). The average Bonchev–Trinajstić information content (AvgIpc) is 3.05. The van der Waals surface area contributed by atoms with Crippen molar-refractivity contribution in [2.45, 2.75) is 33.2 Å². The van der Waals surface area contributed by atoms with E-state index >= 15 is 0 Å². The third-order valence-electron chi connectivity index (χ3n) is 3.66. The molecule has 0 saturated carbocycles. The number of carbonyl (C=O) groups is 2. The summed E-state index contributed by atoms with van der Waals surface area (Å²) in [6.45, 7) is 4.67. The van der Waals surface area contributed by atoms with Gasteiger partial charge >= 0.3 is 0 Å². The number of hydrogen-bond acceptors (Lipinski definition) is 3. The molecular formula is C18H22N2O2S. The maximum atomic E-state index is 12.2. The fourth-order valence-electron chi connectivity index (χ4n) is 2.34. The van der Waals surface area contributed by atoms with E-state index in [0.717, 1.165) is 17.7 Å². The Morgan fingerprint density at radius 1 is 1.17 bits per heavy atom. The van der Waals surface area contributed by atoms with Gasteiger partial charge in [0.05, 0.1) is 0 Å². The minimum atomic E-state index is -0.00303. The van der Waals surface area contributed by atoms with E-state index in [4.69, 9.17) is 0 Å². The number of rotatable bonds is 7. The summed E-state index contributed by atoms with van der Waals surface area (Å²) in [7, 11) is 0. The Hall–Kier alpha value is -2.14. The first-order valence-electron chi connectivity index (χ1n) is 7.75. The smallest absolute Gasteiger partial charge is 0.224 e. The number of anilines is 1. The summed E-state index contributed by atoms with van der Waals surface area (Å²) >= 11 is 1.66. The summed E-state index contributed by atoms with van der Waals surface area (Å²) in [6.07, 6.45) is 1.21. The van der Waals surface area contributed by atoms with Crippen LogP contribution >= 0.6 is 11.3 Å². The van der Waals surface area contributed by atoms with Crippen LogP contribution in [0.15, 0.2) is 41.8 Å². The number of nitrogens with zero attached hydrogens (tertiary/aromatic N) is 1. The van der Waals surface area contributed by atoms with Crippen LogP contribution in [0.5, 0.6) is 0 Å². The predicted octanol–water partition coefficient (Wildman–Crippen LogP) is 3.69. The van der Waals surface area contributed by atoms with E-state index in [9.17, 15) is 9.59 Å². The zero-order valence-electron chi connectivity index (χ0n) is 13.5. The van der Waals surface area contributed by atoms with Crippen LogP contribution < -0.4 is 5.32 Å². The molecule has 23 heavy (non-hydrogen) atoms. The molecule has 2 amide bonds. The second kappa shape index (κ2) is 8.48. The molecule has 1 N–H and O–H groups in total. The van der Waals surface area contributed by atoms with Crippen molar-refractivity contribution in [3.05, 3.63) is 52.2 Å². The Bertz CT molecular complexity index is 653. The first-order valence-corrected chi connectivity index (χ1v) is 8.63. The van der Waals surface area contributed by atoms with Gasteiger partial charge in [-0.25, -0.2) is 0 Å². The SMILES string of the molecule is CCN(Cc1ccccc1NC(=O)CCc1cccs1)C(C)=O. The van der Waals surface area contributed by atoms with Crippen molar-refractivity contribution < 1.29 is 9.59 Å². The number of nitrogens with one attached hydrogen (secondary N) is 1. The molecule has 0 unspecified atom stereocenters. The van der Waals surface area contributed by atoms with Gasteiger partial charge < -0.3 is 10.2 Å². The van der Waals surface area contributed by atoms with Crippen molar-refractivity contribution in [3.63, 3.8) is 0 Å². The Kier molecular flexibility index (Phi) is 6.35. The third kappa shape index (κ3) is 5.21. The normalized spacial score (nSPS) is 10.3. The first kappa shape index (κ1) is 17.2. The summed E-state index contributed by atoms with van der Waals surface area (Å²) in [5.74, 6) is 0.0306. The topological polar surface area (TPSA) is 49.4 Å². The van der Waals surface area contributed by atoms with Gasteiger partial charge in [-0.15, -0.1) is 11.3 Å². The summed E-state index contributed by atoms with van der Waals surface area (Å²) in [4.78, 5) is 26.7. The molecule has 0 fully saturated rings. The van der Waals surface area contributed by atoms with Gasteiger partial charge in [-0.3, -0.25) is 9.59 Å². The number of amides is 2. The van der Waals surface area contributed by atoms with Gasteiger partial charge in [-0.05, 0) is 36.4 Å². The number of para-hydroxylation sites is 1. The number of aryl methyl sites for hydroxylation is 1. The molecule has 4 nitrogen and oxygen atoms in total. The van der Waals surface area contributed by atoms with Crippen LogP contribution in [0.1, 0.15) is 30.7 Å². The lowest BCUT2D eigenvalue weighted by molar-refractivity contribution is -0.129. The molecule has 0 saturated heterocycles. The van der Waals surface area contributed by atoms with Crippen LogP contribution in [-0.2, 0) is 22.6 Å². The molecule has 0 aliphatic heterocycles. The lowest BCUT2D eigenvalue weighted by Crippen LogP contribution is -2.28. The van der Waals surface area contributed by atoms with Gasteiger partial charge in [0.2, 0.25) is 11.8 Å². The van der Waals surface area contributed by atoms with Crippen molar-refractivity contribution in [1.29, 1.82) is 0 Å². The third-order valence-corrected chi connectivity index (χ3v) is 4.59. The number of carbonyl (C=O) groups excluding carboxylic acids is 2. The zero-order chi connectivity index (χ0) is 16.7. The van der Waals surface area contributed by atoms with E-state index < -0.39 is 0 Å². The highest BCUT2D eigenvalue weighted by Crippen LogP contribution is 2.18. The van der Waals surface area contributed by atoms with Crippen molar-refractivity contribution >= 4 is 28.8 Å². The molecule has 1 aromatic heterocycles. The lowest BCUT2D eigenvalue weighted by Gasteiger charge is -2.21. The molecule has 2 aromatic rings. The molecular weight excluding hydrogens is 308 g/mol. The molecule has 1 aromatic carbocycles. The van der Waals surface area contributed by atoms with Crippen molar-refractivity contribution in [2.24, 2.45) is 0 Å². The highest BCUT2D eigenvalue weighted by molar-refractivity contribution is 7.09. The van der Waals surface area contributed by atoms with Crippen molar-refractivity contribution in [1.82, 2.24) is 4.90 Å². The summed E-state index contributed by atoms with van der Waals surface area (Å²) in [5, 5.41) is 4.99. The number of hydrogen-bond donors (Lipinski definition) is 1. The van der Waals surface area contributed by atoms with Gasteiger partial charge in [0.1, 0.15) is 0 Å².